The Morgan fingerprint density at radius 2 is 2.29 bits per heavy atom. The number of hydrogen-bond donors (Lipinski definition) is 2. The molecule has 0 aliphatic heterocycles. The summed E-state index contributed by atoms with van der Waals surface area (Å²) in [4.78, 5) is 12.3. The van der Waals surface area contributed by atoms with E-state index >= 15 is 0 Å². The zero-order chi connectivity index (χ0) is 14.8. The quantitative estimate of drug-likeness (QED) is 0.650. The maximum absolute atomic E-state index is 13.1. The van der Waals surface area contributed by atoms with Crippen molar-refractivity contribution in [2.75, 3.05) is 16.8 Å². The molecule has 1 heterocycles. The van der Waals surface area contributed by atoms with E-state index in [0.29, 0.717) is 22.4 Å². The molecule has 0 atom stereocenters. The average Bonchev–Trinajstić information content (AvgIpc) is 3.21. The molecule has 110 valence electrons. The number of nitrogen functional groups attached to an aromatic ring is 1. The first-order chi connectivity index (χ1) is 10.1. The molecule has 0 saturated heterocycles. The zero-order valence-corrected chi connectivity index (χ0v) is 11.8. The predicted molar refractivity (Wildman–Crippen MR) is 76.4 cm³/mol. The van der Waals surface area contributed by atoms with Crippen LogP contribution in [-0.2, 0) is 4.79 Å². The third kappa shape index (κ3) is 3.52. The second-order valence-electron chi connectivity index (χ2n) is 4.74. The van der Waals surface area contributed by atoms with E-state index in [0.717, 1.165) is 24.6 Å². The van der Waals surface area contributed by atoms with E-state index in [4.69, 9.17) is 10.2 Å². The normalized spacial score (nSPS) is 14.1. The number of rotatable bonds is 5. The van der Waals surface area contributed by atoms with Gasteiger partial charge in [-0.25, -0.2) is 4.39 Å². The highest BCUT2D eigenvalue weighted by atomic mass is 32.2. The number of amides is 1. The highest BCUT2D eigenvalue weighted by Crippen LogP contribution is 2.39. The molecule has 1 aromatic heterocycles. The number of nitrogens with zero attached hydrogens (tertiary/aromatic N) is 2. The van der Waals surface area contributed by atoms with Gasteiger partial charge in [0.25, 0.3) is 0 Å². The van der Waals surface area contributed by atoms with Gasteiger partial charge in [-0.3, -0.25) is 10.1 Å². The number of carbonyl (C=O) groups excluding carboxylic acids is 1. The summed E-state index contributed by atoms with van der Waals surface area (Å²) in [5.41, 5.74) is 6.15. The summed E-state index contributed by atoms with van der Waals surface area (Å²) in [5, 5.41) is 10.1. The van der Waals surface area contributed by atoms with E-state index in [1.165, 1.54) is 18.2 Å². The number of carbonyl (C=O) groups is 1. The molecule has 1 fully saturated rings. The van der Waals surface area contributed by atoms with Gasteiger partial charge in [-0.1, -0.05) is 5.10 Å². The van der Waals surface area contributed by atoms with Crippen molar-refractivity contribution in [2.45, 2.75) is 23.7 Å². The topological polar surface area (TPSA) is 94.0 Å². The largest absolute Gasteiger partial charge is 0.408 e. The fraction of sp³-hybridized carbons (Fsp3) is 0.308. The molecule has 0 radical (unpaired) electrons. The minimum absolute atomic E-state index is 0.0782. The first-order valence-electron chi connectivity index (χ1n) is 6.43. The lowest BCUT2D eigenvalue weighted by atomic mass is 10.3. The predicted octanol–water partition coefficient (Wildman–Crippen LogP) is 2.40. The molecule has 0 spiro atoms. The Morgan fingerprint density at radius 1 is 1.48 bits per heavy atom. The number of nitrogens with two attached hydrogens (primary N) is 1. The molecule has 1 aromatic carbocycles. The molecule has 8 heteroatoms. The van der Waals surface area contributed by atoms with Crippen LogP contribution in [0.2, 0.25) is 0 Å². The smallest absolute Gasteiger partial charge is 0.322 e. The molecule has 3 N–H and O–H groups in total. The van der Waals surface area contributed by atoms with Crippen molar-refractivity contribution in [3.05, 3.63) is 29.9 Å². The fourth-order valence-electron chi connectivity index (χ4n) is 1.71. The molecule has 6 nitrogen and oxygen atoms in total. The van der Waals surface area contributed by atoms with Crippen molar-refractivity contribution in [3.8, 4) is 0 Å². The van der Waals surface area contributed by atoms with Gasteiger partial charge in [-0.2, -0.15) is 0 Å². The van der Waals surface area contributed by atoms with E-state index in [2.05, 4.69) is 15.5 Å². The van der Waals surface area contributed by atoms with Gasteiger partial charge in [0, 0.05) is 16.5 Å². The average molecular weight is 308 g/mol. The van der Waals surface area contributed by atoms with Crippen LogP contribution in [0.3, 0.4) is 0 Å². The van der Waals surface area contributed by atoms with Crippen LogP contribution in [-0.4, -0.2) is 21.9 Å². The van der Waals surface area contributed by atoms with Crippen LogP contribution in [0.5, 0.6) is 0 Å². The van der Waals surface area contributed by atoms with Crippen LogP contribution in [0.25, 0.3) is 0 Å². The van der Waals surface area contributed by atoms with Gasteiger partial charge < -0.3 is 10.2 Å². The Hall–Kier alpha value is -2.09. The van der Waals surface area contributed by atoms with Gasteiger partial charge >= 0.3 is 6.01 Å². The van der Waals surface area contributed by atoms with Crippen LogP contribution in [0.1, 0.15) is 24.7 Å². The first-order valence-corrected chi connectivity index (χ1v) is 7.41. The third-order valence-electron chi connectivity index (χ3n) is 2.95. The molecule has 1 aliphatic rings. The Bertz CT molecular complexity index is 672. The number of nitrogens with one attached hydrogen (secondary N) is 1. The highest BCUT2D eigenvalue weighted by Gasteiger charge is 2.29. The minimum atomic E-state index is -0.391. The van der Waals surface area contributed by atoms with Crippen molar-refractivity contribution in [3.63, 3.8) is 0 Å². The van der Waals surface area contributed by atoms with Crippen molar-refractivity contribution >= 4 is 29.4 Å². The van der Waals surface area contributed by atoms with Crippen LogP contribution < -0.4 is 11.1 Å². The summed E-state index contributed by atoms with van der Waals surface area (Å²) < 4.78 is 18.4. The van der Waals surface area contributed by atoms with Gasteiger partial charge in [0.15, 0.2) is 0 Å². The minimum Gasteiger partial charge on any atom is -0.408 e. The lowest BCUT2D eigenvalue weighted by molar-refractivity contribution is -0.113. The van der Waals surface area contributed by atoms with Crippen molar-refractivity contribution in [1.29, 1.82) is 0 Å². The SMILES string of the molecule is Nc1ccc(F)cc1SCC(=O)Nc1nnc(C2CC2)o1. The molecule has 21 heavy (non-hydrogen) atoms. The van der Waals surface area contributed by atoms with Gasteiger partial charge in [-0.05, 0) is 31.0 Å². The molecule has 1 saturated carbocycles. The molecule has 3 rings (SSSR count). The Balaban J connectivity index is 1.54. The number of halogens is 1. The Morgan fingerprint density at radius 3 is 3.05 bits per heavy atom. The fourth-order valence-corrected chi connectivity index (χ4v) is 2.50. The second kappa shape index (κ2) is 5.72. The van der Waals surface area contributed by atoms with Gasteiger partial charge in [-0.15, -0.1) is 16.9 Å². The van der Waals surface area contributed by atoms with E-state index < -0.39 is 5.82 Å². The number of anilines is 2. The van der Waals surface area contributed by atoms with E-state index in [9.17, 15) is 9.18 Å². The van der Waals surface area contributed by atoms with Crippen LogP contribution in [0.4, 0.5) is 16.1 Å². The summed E-state index contributed by atoms with van der Waals surface area (Å²) >= 11 is 1.15. The second-order valence-corrected chi connectivity index (χ2v) is 5.76. The summed E-state index contributed by atoms with van der Waals surface area (Å²) in [5.74, 6) is 0.277. The standard InChI is InChI=1S/C13H13FN4O2S/c14-8-3-4-9(15)10(5-8)21-6-11(19)16-13-18-17-12(20-13)7-1-2-7/h3-5,7H,1-2,6,15H2,(H,16,18,19). The number of thioether (sulfide) groups is 1. The molecular weight excluding hydrogens is 295 g/mol. The summed E-state index contributed by atoms with van der Waals surface area (Å²) in [6, 6.07) is 4.13. The summed E-state index contributed by atoms with van der Waals surface area (Å²) in [7, 11) is 0. The van der Waals surface area contributed by atoms with Crippen molar-refractivity contribution in [2.24, 2.45) is 0 Å². The third-order valence-corrected chi connectivity index (χ3v) is 4.02. The summed E-state index contributed by atoms with van der Waals surface area (Å²) in [6.07, 6.45) is 2.09. The van der Waals surface area contributed by atoms with E-state index in [1.54, 1.807) is 0 Å². The Kier molecular flexibility index (Phi) is 3.78. The van der Waals surface area contributed by atoms with Gasteiger partial charge in [0.05, 0.1) is 5.75 Å². The van der Waals surface area contributed by atoms with Crippen LogP contribution in [0.15, 0.2) is 27.5 Å². The first kappa shape index (κ1) is 13.9. The van der Waals surface area contributed by atoms with Gasteiger partial charge in [0.2, 0.25) is 11.8 Å². The number of aromatic nitrogens is 2. The molecule has 2 aromatic rings. The van der Waals surface area contributed by atoms with Gasteiger partial charge in [0.1, 0.15) is 5.82 Å². The zero-order valence-electron chi connectivity index (χ0n) is 11.0. The highest BCUT2D eigenvalue weighted by molar-refractivity contribution is 8.00. The molecule has 1 aliphatic carbocycles. The Labute approximate surface area is 124 Å². The maximum atomic E-state index is 13.1. The molecule has 0 unspecified atom stereocenters. The van der Waals surface area contributed by atoms with Crippen molar-refractivity contribution in [1.82, 2.24) is 10.2 Å². The lowest BCUT2D eigenvalue weighted by Crippen LogP contribution is -2.14. The monoisotopic (exact) mass is 308 g/mol. The van der Waals surface area contributed by atoms with E-state index in [1.807, 2.05) is 0 Å². The van der Waals surface area contributed by atoms with Crippen molar-refractivity contribution < 1.29 is 13.6 Å². The molecule has 1 amide bonds. The molecule has 0 bridgehead atoms. The lowest BCUT2D eigenvalue weighted by Gasteiger charge is -2.04. The number of hydrogen-bond acceptors (Lipinski definition) is 6. The van der Waals surface area contributed by atoms with Crippen LogP contribution >= 0.6 is 11.8 Å². The molecular formula is C13H13FN4O2S. The van der Waals surface area contributed by atoms with E-state index in [-0.39, 0.29) is 17.7 Å². The maximum Gasteiger partial charge on any atom is 0.322 e. The van der Waals surface area contributed by atoms with Crippen LogP contribution in [0, 0.1) is 5.82 Å². The number of benzene rings is 1. The summed E-state index contributed by atoms with van der Waals surface area (Å²) in [6.45, 7) is 0.